The van der Waals surface area contributed by atoms with Gasteiger partial charge in [0, 0.05) is 32.4 Å². The smallest absolute Gasteiger partial charge is 0.241 e. The van der Waals surface area contributed by atoms with Crippen LogP contribution in [0.25, 0.3) is 0 Å². The average Bonchev–Trinajstić information content (AvgIpc) is 2.52. The Morgan fingerprint density at radius 3 is 2.78 bits per heavy atom. The van der Waals surface area contributed by atoms with Crippen LogP contribution >= 0.6 is 0 Å². The monoisotopic (exact) mass is 247 g/mol. The molecule has 0 aliphatic carbocycles. The lowest BCUT2D eigenvalue weighted by atomic mass is 10.1. The summed E-state index contributed by atoms with van der Waals surface area (Å²) in [5.74, 6) is 0.190. The SMILES string of the molecule is Cc1cc(CN)ccc1N1CCCN(C)C(=O)C1. The zero-order valence-electron chi connectivity index (χ0n) is 11.1. The minimum absolute atomic E-state index is 0.190. The first-order chi connectivity index (χ1) is 8.61. The number of benzene rings is 1. The van der Waals surface area contributed by atoms with E-state index in [1.54, 1.807) is 0 Å². The number of hydrogen-bond donors (Lipinski definition) is 1. The summed E-state index contributed by atoms with van der Waals surface area (Å²) in [5.41, 5.74) is 9.11. The molecule has 2 rings (SSSR count). The Kier molecular flexibility index (Phi) is 3.87. The molecule has 1 amide bonds. The molecule has 98 valence electrons. The molecule has 1 aliphatic rings. The minimum atomic E-state index is 0.190. The van der Waals surface area contributed by atoms with E-state index in [4.69, 9.17) is 5.73 Å². The number of likely N-dealkylation sites (N-methyl/N-ethyl adjacent to an activating group) is 1. The Balaban J connectivity index is 2.22. The van der Waals surface area contributed by atoms with Gasteiger partial charge in [-0.25, -0.2) is 0 Å². The number of aryl methyl sites for hydroxylation is 1. The molecule has 0 saturated carbocycles. The molecule has 1 heterocycles. The van der Waals surface area contributed by atoms with Gasteiger partial charge in [0.1, 0.15) is 0 Å². The Labute approximate surface area is 108 Å². The zero-order chi connectivity index (χ0) is 13.1. The second-order valence-corrected chi connectivity index (χ2v) is 4.92. The summed E-state index contributed by atoms with van der Waals surface area (Å²) >= 11 is 0. The van der Waals surface area contributed by atoms with Crippen molar-refractivity contribution in [3.05, 3.63) is 29.3 Å². The van der Waals surface area contributed by atoms with E-state index in [0.29, 0.717) is 13.1 Å². The minimum Gasteiger partial charge on any atom is -0.362 e. The lowest BCUT2D eigenvalue weighted by Crippen LogP contribution is -2.34. The standard InChI is InChI=1S/C14H21N3O/c1-11-8-12(9-15)4-5-13(11)17-7-3-6-16(2)14(18)10-17/h4-5,8H,3,6-7,9-10,15H2,1-2H3. The van der Waals surface area contributed by atoms with Gasteiger partial charge in [0.25, 0.3) is 0 Å². The fraction of sp³-hybridized carbons (Fsp3) is 0.500. The fourth-order valence-electron chi connectivity index (χ4n) is 2.39. The van der Waals surface area contributed by atoms with Crippen molar-refractivity contribution in [1.29, 1.82) is 0 Å². The molecule has 1 aromatic rings. The zero-order valence-corrected chi connectivity index (χ0v) is 11.1. The molecule has 4 nitrogen and oxygen atoms in total. The summed E-state index contributed by atoms with van der Waals surface area (Å²) in [6, 6.07) is 6.23. The lowest BCUT2D eigenvalue weighted by molar-refractivity contribution is -0.127. The van der Waals surface area contributed by atoms with Crippen molar-refractivity contribution >= 4 is 11.6 Å². The van der Waals surface area contributed by atoms with Crippen LogP contribution in [0, 0.1) is 6.92 Å². The first kappa shape index (κ1) is 12.9. The van der Waals surface area contributed by atoms with Gasteiger partial charge in [-0.05, 0) is 30.5 Å². The van der Waals surface area contributed by atoms with Gasteiger partial charge in [0.05, 0.1) is 6.54 Å². The van der Waals surface area contributed by atoms with Crippen molar-refractivity contribution in [2.45, 2.75) is 19.9 Å². The first-order valence-electron chi connectivity index (χ1n) is 6.40. The van der Waals surface area contributed by atoms with E-state index in [9.17, 15) is 4.79 Å². The van der Waals surface area contributed by atoms with Gasteiger partial charge < -0.3 is 15.5 Å². The highest BCUT2D eigenvalue weighted by atomic mass is 16.2. The maximum atomic E-state index is 11.9. The molecular weight excluding hydrogens is 226 g/mol. The van der Waals surface area contributed by atoms with E-state index in [2.05, 4.69) is 24.0 Å². The van der Waals surface area contributed by atoms with E-state index in [1.165, 1.54) is 5.56 Å². The van der Waals surface area contributed by atoms with Gasteiger partial charge in [0.2, 0.25) is 5.91 Å². The van der Waals surface area contributed by atoms with Gasteiger partial charge in [-0.15, -0.1) is 0 Å². The van der Waals surface area contributed by atoms with Crippen LogP contribution < -0.4 is 10.6 Å². The van der Waals surface area contributed by atoms with Crippen LogP contribution in [0.5, 0.6) is 0 Å². The second-order valence-electron chi connectivity index (χ2n) is 4.92. The molecule has 18 heavy (non-hydrogen) atoms. The molecule has 1 aromatic carbocycles. The first-order valence-corrected chi connectivity index (χ1v) is 6.40. The summed E-state index contributed by atoms with van der Waals surface area (Å²) in [6.45, 7) is 4.88. The highest BCUT2D eigenvalue weighted by Gasteiger charge is 2.20. The van der Waals surface area contributed by atoms with E-state index < -0.39 is 0 Å². The van der Waals surface area contributed by atoms with Crippen LogP contribution in [-0.2, 0) is 11.3 Å². The quantitative estimate of drug-likeness (QED) is 0.852. The number of anilines is 1. The third kappa shape index (κ3) is 2.64. The van der Waals surface area contributed by atoms with Gasteiger partial charge >= 0.3 is 0 Å². The molecular formula is C14H21N3O. The Bertz CT molecular complexity index is 445. The van der Waals surface area contributed by atoms with E-state index >= 15 is 0 Å². The third-order valence-electron chi connectivity index (χ3n) is 3.51. The molecule has 1 saturated heterocycles. The van der Waals surface area contributed by atoms with Gasteiger partial charge in [-0.2, -0.15) is 0 Å². The Morgan fingerprint density at radius 2 is 2.11 bits per heavy atom. The maximum absolute atomic E-state index is 11.9. The van der Waals surface area contributed by atoms with Crippen LogP contribution in [0.15, 0.2) is 18.2 Å². The van der Waals surface area contributed by atoms with Crippen molar-refractivity contribution in [2.24, 2.45) is 5.73 Å². The molecule has 0 radical (unpaired) electrons. The summed E-state index contributed by atoms with van der Waals surface area (Å²) in [7, 11) is 1.87. The van der Waals surface area contributed by atoms with E-state index in [-0.39, 0.29) is 5.91 Å². The molecule has 0 aromatic heterocycles. The predicted octanol–water partition coefficient (Wildman–Crippen LogP) is 1.12. The largest absolute Gasteiger partial charge is 0.362 e. The number of amides is 1. The van der Waals surface area contributed by atoms with Crippen LogP contribution in [0.3, 0.4) is 0 Å². The molecule has 0 spiro atoms. The Morgan fingerprint density at radius 1 is 1.33 bits per heavy atom. The number of nitrogens with zero attached hydrogens (tertiary/aromatic N) is 2. The van der Waals surface area contributed by atoms with Crippen molar-refractivity contribution in [2.75, 3.05) is 31.6 Å². The van der Waals surface area contributed by atoms with Crippen LogP contribution in [0.2, 0.25) is 0 Å². The molecule has 0 atom stereocenters. The van der Waals surface area contributed by atoms with Crippen molar-refractivity contribution in [3.63, 3.8) is 0 Å². The van der Waals surface area contributed by atoms with Crippen LogP contribution in [0.4, 0.5) is 5.69 Å². The van der Waals surface area contributed by atoms with Gasteiger partial charge in [-0.1, -0.05) is 12.1 Å². The molecule has 4 heteroatoms. The molecule has 0 bridgehead atoms. The fourth-order valence-corrected chi connectivity index (χ4v) is 2.39. The normalized spacial score (nSPS) is 16.9. The summed E-state index contributed by atoms with van der Waals surface area (Å²) in [5, 5.41) is 0. The van der Waals surface area contributed by atoms with Crippen LogP contribution in [0.1, 0.15) is 17.5 Å². The van der Waals surface area contributed by atoms with Crippen molar-refractivity contribution in [3.8, 4) is 0 Å². The van der Waals surface area contributed by atoms with E-state index in [1.807, 2.05) is 18.0 Å². The van der Waals surface area contributed by atoms with Gasteiger partial charge in [-0.3, -0.25) is 4.79 Å². The number of carbonyl (C=O) groups is 1. The highest BCUT2D eigenvalue weighted by molar-refractivity contribution is 5.82. The summed E-state index contributed by atoms with van der Waals surface area (Å²) in [4.78, 5) is 15.9. The average molecular weight is 247 g/mol. The number of hydrogen-bond acceptors (Lipinski definition) is 3. The number of nitrogens with two attached hydrogens (primary N) is 1. The van der Waals surface area contributed by atoms with Gasteiger partial charge in [0.15, 0.2) is 0 Å². The number of rotatable bonds is 2. The molecule has 1 fully saturated rings. The second kappa shape index (κ2) is 5.40. The highest BCUT2D eigenvalue weighted by Crippen LogP contribution is 2.22. The summed E-state index contributed by atoms with van der Waals surface area (Å²) in [6.07, 6.45) is 1.01. The van der Waals surface area contributed by atoms with Crippen molar-refractivity contribution in [1.82, 2.24) is 4.90 Å². The molecule has 0 unspecified atom stereocenters. The van der Waals surface area contributed by atoms with Crippen LogP contribution in [-0.4, -0.2) is 37.5 Å². The third-order valence-corrected chi connectivity index (χ3v) is 3.51. The maximum Gasteiger partial charge on any atom is 0.241 e. The molecule has 1 aliphatic heterocycles. The van der Waals surface area contributed by atoms with Crippen molar-refractivity contribution < 1.29 is 4.79 Å². The number of carbonyl (C=O) groups excluding carboxylic acids is 1. The predicted molar refractivity (Wildman–Crippen MR) is 73.5 cm³/mol. The summed E-state index contributed by atoms with van der Waals surface area (Å²) < 4.78 is 0. The topological polar surface area (TPSA) is 49.6 Å². The lowest BCUT2D eigenvalue weighted by Gasteiger charge is -2.24. The van der Waals surface area contributed by atoms with E-state index in [0.717, 1.165) is 30.8 Å². The molecule has 2 N–H and O–H groups in total. The Hall–Kier alpha value is -1.55.